The first kappa shape index (κ1) is 17.8. The molecule has 6 nitrogen and oxygen atoms in total. The second-order valence-corrected chi connectivity index (χ2v) is 8.46. The number of aromatic nitrogens is 1. The molecule has 1 heterocycles. The van der Waals surface area contributed by atoms with Gasteiger partial charge in [-0.1, -0.05) is 30.3 Å². The number of benzene rings is 2. The largest absolute Gasteiger partial charge is 0.293 e. The number of carbonyl (C=O) groups excluding carboxylic acids is 1. The van der Waals surface area contributed by atoms with Gasteiger partial charge in [0.15, 0.2) is 5.13 Å². The summed E-state index contributed by atoms with van der Waals surface area (Å²) >= 11 is 2.94. The first-order valence-corrected chi connectivity index (χ1v) is 10.5. The van der Waals surface area contributed by atoms with Crippen molar-refractivity contribution in [2.45, 2.75) is 4.90 Å². The van der Waals surface area contributed by atoms with Crippen LogP contribution in [-0.4, -0.2) is 17.3 Å². The van der Waals surface area contributed by atoms with E-state index in [9.17, 15) is 13.2 Å². The minimum Gasteiger partial charge on any atom is -0.293 e. The van der Waals surface area contributed by atoms with Gasteiger partial charge >= 0.3 is 0 Å². The fraction of sp³-hybridized carbons (Fsp3) is 0. The van der Waals surface area contributed by atoms with Gasteiger partial charge in [-0.15, -0.1) is 11.3 Å². The lowest BCUT2D eigenvalue weighted by molar-refractivity contribution is 0.272. The van der Waals surface area contributed by atoms with E-state index in [2.05, 4.69) is 15.0 Å². The van der Waals surface area contributed by atoms with E-state index in [0.717, 1.165) is 5.56 Å². The van der Waals surface area contributed by atoms with Crippen molar-refractivity contribution in [1.82, 2.24) is 4.98 Å². The van der Waals surface area contributed by atoms with Gasteiger partial charge in [-0.3, -0.25) is 14.8 Å². The Labute approximate surface area is 162 Å². The molecule has 2 N–H and O–H groups in total. The van der Waals surface area contributed by atoms with Gasteiger partial charge in [0.05, 0.1) is 10.6 Å². The molecule has 0 aliphatic carbocycles. The van der Waals surface area contributed by atoms with Crippen molar-refractivity contribution in [3.05, 3.63) is 60.0 Å². The zero-order valence-electron chi connectivity index (χ0n) is 12.6. The van der Waals surface area contributed by atoms with E-state index in [1.165, 1.54) is 23.5 Å². The molecular weight excluding hydrogens is 473 g/mol. The molecule has 0 atom stereocenters. The summed E-state index contributed by atoms with van der Waals surface area (Å²) in [5.74, 6) is 0. The van der Waals surface area contributed by atoms with E-state index < -0.39 is 10.0 Å². The molecule has 0 fully saturated rings. The molecule has 0 unspecified atom stereocenters. The number of halogens is 1. The third kappa shape index (κ3) is 4.55. The van der Waals surface area contributed by atoms with Gasteiger partial charge in [-0.25, -0.2) is 13.4 Å². The number of hydrogen-bond donors (Lipinski definition) is 2. The highest BCUT2D eigenvalue weighted by molar-refractivity contribution is 14.1. The molecule has 0 bridgehead atoms. The van der Waals surface area contributed by atoms with Crippen LogP contribution in [0, 0.1) is 0 Å². The third-order valence-corrected chi connectivity index (χ3v) is 5.60. The minimum absolute atomic E-state index is 0.195. The number of nitrogens with zero attached hydrogens (tertiary/aromatic N) is 1. The lowest BCUT2D eigenvalue weighted by Crippen LogP contribution is -2.12. The second kappa shape index (κ2) is 7.50. The normalized spacial score (nSPS) is 11.1. The van der Waals surface area contributed by atoms with Crippen LogP contribution in [0.15, 0.2) is 64.9 Å². The predicted octanol–water partition coefficient (Wildman–Crippen LogP) is 4.58. The highest BCUT2D eigenvalue weighted by Crippen LogP contribution is 2.28. The Bertz CT molecular complexity index is 1000. The lowest BCUT2D eigenvalue weighted by atomic mass is 10.1. The number of rotatable bonds is 5. The van der Waals surface area contributed by atoms with Gasteiger partial charge in [0, 0.05) is 39.2 Å². The molecule has 3 aromatic rings. The first-order chi connectivity index (χ1) is 11.9. The molecule has 25 heavy (non-hydrogen) atoms. The number of amides is 1. The number of thiazole rings is 1. The Morgan fingerprint density at radius 3 is 2.56 bits per heavy atom. The van der Waals surface area contributed by atoms with Crippen molar-refractivity contribution in [1.29, 1.82) is 0 Å². The molecular formula is C16H12IN3O3S2. The Morgan fingerprint density at radius 2 is 1.84 bits per heavy atom. The van der Waals surface area contributed by atoms with Gasteiger partial charge in [-0.05, 0) is 24.3 Å². The smallest absolute Gasteiger partial charge is 0.286 e. The van der Waals surface area contributed by atoms with Crippen LogP contribution >= 0.6 is 33.9 Å². The quantitative estimate of drug-likeness (QED) is 0.315. The maximum absolute atomic E-state index is 12.4. The zero-order chi connectivity index (χ0) is 17.9. The Hall–Kier alpha value is -1.98. The van der Waals surface area contributed by atoms with Crippen LogP contribution in [-0.2, 0) is 10.0 Å². The summed E-state index contributed by atoms with van der Waals surface area (Å²) in [4.78, 5) is 15.6. The van der Waals surface area contributed by atoms with E-state index in [-0.39, 0.29) is 8.81 Å². The number of nitrogens with one attached hydrogen (secondary N) is 2. The lowest BCUT2D eigenvalue weighted by Gasteiger charge is -2.09. The molecule has 9 heteroatoms. The maximum atomic E-state index is 12.4. The van der Waals surface area contributed by atoms with Crippen molar-refractivity contribution in [2.24, 2.45) is 0 Å². The van der Waals surface area contributed by atoms with E-state index in [1.807, 2.05) is 6.07 Å². The SMILES string of the molecule is O=C(I)Nc1nc(-c2cccc(NS(=O)(=O)c3ccccc3)c2)cs1. The van der Waals surface area contributed by atoms with E-state index in [0.29, 0.717) is 16.5 Å². The van der Waals surface area contributed by atoms with Crippen molar-refractivity contribution in [3.63, 3.8) is 0 Å². The average molecular weight is 485 g/mol. The van der Waals surface area contributed by atoms with Crippen molar-refractivity contribution in [2.75, 3.05) is 10.0 Å². The van der Waals surface area contributed by atoms with Crippen LogP contribution < -0.4 is 10.0 Å². The first-order valence-electron chi connectivity index (χ1n) is 7.04. The van der Waals surface area contributed by atoms with Crippen LogP contribution in [0.4, 0.5) is 15.6 Å². The highest BCUT2D eigenvalue weighted by Gasteiger charge is 2.14. The number of carbonyl (C=O) groups is 1. The Kier molecular flexibility index (Phi) is 5.35. The zero-order valence-corrected chi connectivity index (χ0v) is 16.4. The monoisotopic (exact) mass is 485 g/mol. The standard InChI is InChI=1S/C16H12IN3O3S2/c17-15(21)19-16-18-14(10-24-16)11-5-4-6-12(9-11)20-25(22,23)13-7-2-1-3-8-13/h1-10,20H,(H,18,19,21). The summed E-state index contributed by atoms with van der Waals surface area (Å²) in [6.45, 7) is 0. The third-order valence-electron chi connectivity index (χ3n) is 3.17. The minimum atomic E-state index is -3.65. The van der Waals surface area contributed by atoms with Crippen LogP contribution in [0.1, 0.15) is 0 Å². The van der Waals surface area contributed by atoms with Crippen LogP contribution in [0.5, 0.6) is 0 Å². The summed E-state index contributed by atoms with van der Waals surface area (Å²) in [6.07, 6.45) is 0. The Balaban J connectivity index is 1.85. The topological polar surface area (TPSA) is 88.2 Å². The van der Waals surface area contributed by atoms with Crippen molar-refractivity contribution in [3.8, 4) is 11.3 Å². The van der Waals surface area contributed by atoms with E-state index in [1.54, 1.807) is 64.4 Å². The summed E-state index contributed by atoms with van der Waals surface area (Å²) < 4.78 is 27.1. The van der Waals surface area contributed by atoms with Gasteiger partial charge < -0.3 is 0 Å². The molecule has 1 aromatic heterocycles. The fourth-order valence-corrected chi connectivity index (χ4v) is 4.33. The molecule has 1 amide bonds. The number of sulfonamides is 1. The molecule has 3 rings (SSSR count). The molecule has 2 aromatic carbocycles. The van der Waals surface area contributed by atoms with Crippen LogP contribution in [0.3, 0.4) is 0 Å². The molecule has 0 radical (unpaired) electrons. The van der Waals surface area contributed by atoms with E-state index in [4.69, 9.17) is 0 Å². The molecule has 0 saturated carbocycles. The summed E-state index contributed by atoms with van der Waals surface area (Å²) in [6, 6.07) is 15.1. The molecule has 0 aliphatic rings. The molecule has 0 spiro atoms. The van der Waals surface area contributed by atoms with Gasteiger partial charge in [0.25, 0.3) is 13.9 Å². The van der Waals surface area contributed by atoms with Crippen molar-refractivity contribution >= 4 is 58.7 Å². The maximum Gasteiger partial charge on any atom is 0.286 e. The predicted molar refractivity (Wildman–Crippen MR) is 108 cm³/mol. The average Bonchev–Trinajstić information content (AvgIpc) is 3.03. The molecule has 0 aliphatic heterocycles. The summed E-state index contributed by atoms with van der Waals surface area (Å²) in [5.41, 5.74) is 1.85. The number of anilines is 2. The fourth-order valence-electron chi connectivity index (χ4n) is 2.10. The Morgan fingerprint density at radius 1 is 1.08 bits per heavy atom. The number of hydrogen-bond acceptors (Lipinski definition) is 5. The molecule has 0 saturated heterocycles. The van der Waals surface area contributed by atoms with Gasteiger partial charge in [0.2, 0.25) is 0 Å². The van der Waals surface area contributed by atoms with Gasteiger partial charge in [-0.2, -0.15) is 0 Å². The van der Waals surface area contributed by atoms with E-state index >= 15 is 0 Å². The second-order valence-electron chi connectivity index (χ2n) is 4.94. The van der Waals surface area contributed by atoms with Gasteiger partial charge in [0.1, 0.15) is 0 Å². The summed E-state index contributed by atoms with van der Waals surface area (Å²) in [7, 11) is -3.65. The van der Waals surface area contributed by atoms with Crippen LogP contribution in [0.25, 0.3) is 11.3 Å². The summed E-state index contributed by atoms with van der Waals surface area (Å²) in [5, 5.41) is 4.90. The van der Waals surface area contributed by atoms with Crippen LogP contribution in [0.2, 0.25) is 0 Å². The van der Waals surface area contributed by atoms with Crippen molar-refractivity contribution < 1.29 is 13.2 Å². The molecule has 128 valence electrons. The highest BCUT2D eigenvalue weighted by atomic mass is 127.